The lowest BCUT2D eigenvalue weighted by atomic mass is 10.0. The lowest BCUT2D eigenvalue weighted by Gasteiger charge is -2.23. The number of halogens is 2. The molecule has 0 radical (unpaired) electrons. The van der Waals surface area contributed by atoms with Crippen molar-refractivity contribution < 1.29 is 13.9 Å². The molecule has 2 N–H and O–H groups in total. The van der Waals surface area contributed by atoms with Gasteiger partial charge in [0.25, 0.3) is 0 Å². The first-order chi connectivity index (χ1) is 10.0. The standard InChI is InChI=1S/C17H19F2NO/c1-3-17(12-4-7-14(21)8-5-12)20-11(2)15-9-6-13(18)10-16(15)19/h4-11,17,20-21H,3H2,1-2H3. The van der Waals surface area contributed by atoms with Gasteiger partial charge in [-0.25, -0.2) is 8.78 Å². The summed E-state index contributed by atoms with van der Waals surface area (Å²) >= 11 is 0. The van der Waals surface area contributed by atoms with Crippen molar-refractivity contribution in [1.82, 2.24) is 5.32 Å². The highest BCUT2D eigenvalue weighted by molar-refractivity contribution is 5.29. The molecule has 2 rings (SSSR count). The topological polar surface area (TPSA) is 32.3 Å². The number of benzene rings is 2. The fourth-order valence-corrected chi connectivity index (χ4v) is 2.40. The summed E-state index contributed by atoms with van der Waals surface area (Å²) in [4.78, 5) is 0. The molecule has 2 aromatic rings. The second-order valence-electron chi connectivity index (χ2n) is 5.11. The van der Waals surface area contributed by atoms with E-state index < -0.39 is 11.6 Å². The van der Waals surface area contributed by atoms with Crippen molar-refractivity contribution in [2.45, 2.75) is 32.4 Å². The Morgan fingerprint density at radius 2 is 1.76 bits per heavy atom. The van der Waals surface area contributed by atoms with Crippen molar-refractivity contribution in [3.05, 3.63) is 65.2 Å². The largest absolute Gasteiger partial charge is 0.508 e. The number of hydrogen-bond donors (Lipinski definition) is 2. The van der Waals surface area contributed by atoms with E-state index in [9.17, 15) is 13.9 Å². The Labute approximate surface area is 123 Å². The van der Waals surface area contributed by atoms with Crippen LogP contribution >= 0.6 is 0 Å². The minimum absolute atomic E-state index is 0.0325. The minimum atomic E-state index is -0.575. The summed E-state index contributed by atoms with van der Waals surface area (Å²) < 4.78 is 26.8. The number of hydrogen-bond acceptors (Lipinski definition) is 2. The third-order valence-corrected chi connectivity index (χ3v) is 3.58. The van der Waals surface area contributed by atoms with Gasteiger partial charge in [0.2, 0.25) is 0 Å². The predicted molar refractivity (Wildman–Crippen MR) is 79.0 cm³/mol. The molecule has 0 bridgehead atoms. The Morgan fingerprint density at radius 1 is 1.10 bits per heavy atom. The van der Waals surface area contributed by atoms with E-state index in [1.54, 1.807) is 12.1 Å². The number of phenolic OH excluding ortho intramolecular Hbond substituents is 1. The second-order valence-corrected chi connectivity index (χ2v) is 5.11. The van der Waals surface area contributed by atoms with Gasteiger partial charge in [-0.3, -0.25) is 0 Å². The lowest BCUT2D eigenvalue weighted by Crippen LogP contribution is -2.25. The molecule has 0 saturated carbocycles. The Bertz CT molecular complexity index is 598. The quantitative estimate of drug-likeness (QED) is 0.851. The monoisotopic (exact) mass is 291 g/mol. The van der Waals surface area contributed by atoms with Crippen molar-refractivity contribution in [1.29, 1.82) is 0 Å². The van der Waals surface area contributed by atoms with Crippen molar-refractivity contribution in [2.24, 2.45) is 0 Å². The Morgan fingerprint density at radius 3 is 2.33 bits per heavy atom. The maximum absolute atomic E-state index is 13.8. The molecule has 21 heavy (non-hydrogen) atoms. The first-order valence-corrected chi connectivity index (χ1v) is 7.01. The van der Waals surface area contributed by atoms with Gasteiger partial charge in [0.1, 0.15) is 17.4 Å². The summed E-state index contributed by atoms with van der Waals surface area (Å²) in [5, 5.41) is 12.7. The summed E-state index contributed by atoms with van der Waals surface area (Å²) in [5.41, 5.74) is 1.46. The van der Waals surface area contributed by atoms with E-state index in [-0.39, 0.29) is 17.8 Å². The molecular formula is C17H19F2NO. The van der Waals surface area contributed by atoms with Crippen LogP contribution in [0.15, 0.2) is 42.5 Å². The Kier molecular flexibility index (Phi) is 4.91. The summed E-state index contributed by atoms with van der Waals surface area (Å²) in [5.74, 6) is -0.907. The van der Waals surface area contributed by atoms with Crippen LogP contribution in [0.5, 0.6) is 5.75 Å². The predicted octanol–water partition coefficient (Wildman–Crippen LogP) is 4.47. The molecule has 2 nitrogen and oxygen atoms in total. The Hall–Kier alpha value is -1.94. The van der Waals surface area contributed by atoms with Gasteiger partial charge in [-0.2, -0.15) is 0 Å². The minimum Gasteiger partial charge on any atom is -0.508 e. The van der Waals surface area contributed by atoms with E-state index in [4.69, 9.17) is 0 Å². The third-order valence-electron chi connectivity index (χ3n) is 3.58. The second kappa shape index (κ2) is 6.68. The molecule has 0 heterocycles. The summed E-state index contributed by atoms with van der Waals surface area (Å²) in [6.07, 6.45) is 0.817. The zero-order chi connectivity index (χ0) is 15.4. The van der Waals surface area contributed by atoms with Crippen LogP contribution in [0.25, 0.3) is 0 Å². The van der Waals surface area contributed by atoms with Crippen LogP contribution in [-0.4, -0.2) is 5.11 Å². The van der Waals surface area contributed by atoms with Gasteiger partial charge in [-0.05, 0) is 37.1 Å². The summed E-state index contributed by atoms with van der Waals surface area (Å²) in [7, 11) is 0. The summed E-state index contributed by atoms with van der Waals surface area (Å²) in [6, 6.07) is 10.3. The Balaban J connectivity index is 2.15. The van der Waals surface area contributed by atoms with Gasteiger partial charge < -0.3 is 10.4 Å². The highest BCUT2D eigenvalue weighted by Gasteiger charge is 2.16. The van der Waals surface area contributed by atoms with E-state index in [2.05, 4.69) is 5.32 Å². The average Bonchev–Trinajstić information content (AvgIpc) is 2.45. The number of phenols is 1. The zero-order valence-electron chi connectivity index (χ0n) is 12.1. The molecule has 0 aliphatic rings. The SMILES string of the molecule is CCC(NC(C)c1ccc(F)cc1F)c1ccc(O)cc1. The molecule has 0 fully saturated rings. The molecule has 2 atom stereocenters. The fourth-order valence-electron chi connectivity index (χ4n) is 2.40. The van der Waals surface area contributed by atoms with E-state index >= 15 is 0 Å². The van der Waals surface area contributed by atoms with Gasteiger partial charge in [0, 0.05) is 23.7 Å². The van der Waals surface area contributed by atoms with E-state index in [1.165, 1.54) is 12.1 Å². The van der Waals surface area contributed by atoms with Crippen LogP contribution in [0.3, 0.4) is 0 Å². The maximum Gasteiger partial charge on any atom is 0.130 e. The number of nitrogens with one attached hydrogen (secondary N) is 1. The molecule has 4 heteroatoms. The van der Waals surface area contributed by atoms with Crippen molar-refractivity contribution in [3.63, 3.8) is 0 Å². The maximum atomic E-state index is 13.8. The van der Waals surface area contributed by atoms with Crippen LogP contribution in [0.2, 0.25) is 0 Å². The van der Waals surface area contributed by atoms with Gasteiger partial charge in [0.15, 0.2) is 0 Å². The van der Waals surface area contributed by atoms with E-state index in [1.807, 2.05) is 26.0 Å². The lowest BCUT2D eigenvalue weighted by molar-refractivity contribution is 0.439. The molecule has 2 aromatic carbocycles. The van der Waals surface area contributed by atoms with Crippen molar-refractivity contribution in [2.75, 3.05) is 0 Å². The molecule has 0 aliphatic carbocycles. The number of aromatic hydroxyl groups is 1. The first kappa shape index (κ1) is 15.4. The molecule has 0 spiro atoms. The van der Waals surface area contributed by atoms with Crippen molar-refractivity contribution >= 4 is 0 Å². The van der Waals surface area contributed by atoms with Crippen LogP contribution in [0.1, 0.15) is 43.5 Å². The van der Waals surface area contributed by atoms with Crippen LogP contribution in [-0.2, 0) is 0 Å². The number of rotatable bonds is 5. The average molecular weight is 291 g/mol. The molecular weight excluding hydrogens is 272 g/mol. The van der Waals surface area contributed by atoms with Gasteiger partial charge >= 0.3 is 0 Å². The molecule has 0 aromatic heterocycles. The van der Waals surface area contributed by atoms with Crippen molar-refractivity contribution in [3.8, 4) is 5.75 Å². The summed E-state index contributed by atoms with van der Waals surface area (Å²) in [6.45, 7) is 3.87. The normalized spacial score (nSPS) is 13.9. The van der Waals surface area contributed by atoms with Gasteiger partial charge in [-0.15, -0.1) is 0 Å². The van der Waals surface area contributed by atoms with Crippen LogP contribution in [0.4, 0.5) is 8.78 Å². The van der Waals surface area contributed by atoms with E-state index in [0.717, 1.165) is 18.1 Å². The zero-order valence-corrected chi connectivity index (χ0v) is 12.1. The van der Waals surface area contributed by atoms with Gasteiger partial charge in [-0.1, -0.05) is 25.1 Å². The molecule has 0 amide bonds. The highest BCUT2D eigenvalue weighted by atomic mass is 19.1. The third kappa shape index (κ3) is 3.79. The first-order valence-electron chi connectivity index (χ1n) is 7.01. The van der Waals surface area contributed by atoms with E-state index in [0.29, 0.717) is 5.56 Å². The van der Waals surface area contributed by atoms with Crippen LogP contribution in [0, 0.1) is 11.6 Å². The fraction of sp³-hybridized carbons (Fsp3) is 0.294. The smallest absolute Gasteiger partial charge is 0.130 e. The molecule has 112 valence electrons. The molecule has 0 saturated heterocycles. The molecule has 2 unspecified atom stereocenters. The molecule has 0 aliphatic heterocycles. The highest BCUT2D eigenvalue weighted by Crippen LogP contribution is 2.25. The van der Waals surface area contributed by atoms with Gasteiger partial charge in [0.05, 0.1) is 0 Å². The van der Waals surface area contributed by atoms with Crippen LogP contribution < -0.4 is 5.32 Å².